The van der Waals surface area contributed by atoms with E-state index in [1.165, 1.54) is 17.3 Å². The van der Waals surface area contributed by atoms with Gasteiger partial charge in [-0.05, 0) is 13.0 Å². The van der Waals surface area contributed by atoms with Crippen molar-refractivity contribution in [2.45, 2.75) is 32.5 Å². The highest BCUT2D eigenvalue weighted by Gasteiger charge is 2.34. The smallest absolute Gasteiger partial charge is 0.302 e. The van der Waals surface area contributed by atoms with Gasteiger partial charge in [-0.15, -0.1) is 0 Å². The van der Waals surface area contributed by atoms with Crippen molar-refractivity contribution < 1.29 is 9.53 Å². The van der Waals surface area contributed by atoms with Gasteiger partial charge in [0.1, 0.15) is 8.07 Å². The number of carbonyl (C=O) groups excluding carboxylic acids is 1. The molecule has 2 nitrogen and oxygen atoms in total. The van der Waals surface area contributed by atoms with Crippen molar-refractivity contribution in [2.24, 2.45) is 0 Å². The van der Waals surface area contributed by atoms with Gasteiger partial charge >= 0.3 is 5.97 Å². The fourth-order valence-electron chi connectivity index (χ4n) is 2.91. The van der Waals surface area contributed by atoms with Crippen LogP contribution in [0, 0.1) is 0 Å². The number of carbonyl (C=O) groups is 1. The number of rotatable bonds is 5. The third-order valence-corrected chi connectivity index (χ3v) is 8.49. The Morgan fingerprint density at radius 2 is 1.43 bits per heavy atom. The molecule has 0 aliphatic heterocycles. The van der Waals surface area contributed by atoms with Gasteiger partial charge in [0, 0.05) is 6.92 Å². The van der Waals surface area contributed by atoms with Crippen LogP contribution in [-0.2, 0) is 9.53 Å². The Kier molecular flexibility index (Phi) is 4.97. The molecule has 21 heavy (non-hydrogen) atoms. The predicted molar refractivity (Wildman–Crippen MR) is 89.8 cm³/mol. The van der Waals surface area contributed by atoms with Gasteiger partial charge in [0.05, 0.1) is 6.10 Å². The second-order valence-corrected chi connectivity index (χ2v) is 9.92. The zero-order valence-electron chi connectivity index (χ0n) is 12.9. The topological polar surface area (TPSA) is 26.3 Å². The van der Waals surface area contributed by atoms with Crippen molar-refractivity contribution in [3.63, 3.8) is 0 Å². The number of hydrogen-bond donors (Lipinski definition) is 0. The Labute approximate surface area is 127 Å². The lowest BCUT2D eigenvalue weighted by Crippen LogP contribution is -2.57. The Morgan fingerprint density at radius 1 is 1.00 bits per heavy atom. The summed E-state index contributed by atoms with van der Waals surface area (Å²) in [5.74, 6) is -0.208. The van der Waals surface area contributed by atoms with Crippen molar-refractivity contribution in [3.05, 3.63) is 60.7 Å². The Balaban J connectivity index is 2.38. The van der Waals surface area contributed by atoms with Gasteiger partial charge in [0.25, 0.3) is 0 Å². The Bertz CT molecular complexity index is 541. The maximum absolute atomic E-state index is 11.2. The van der Waals surface area contributed by atoms with Crippen LogP contribution in [0.4, 0.5) is 0 Å². The van der Waals surface area contributed by atoms with Gasteiger partial charge < -0.3 is 4.74 Å². The van der Waals surface area contributed by atoms with Crippen LogP contribution in [-0.4, -0.2) is 20.1 Å². The van der Waals surface area contributed by atoms with Gasteiger partial charge in [0.2, 0.25) is 0 Å². The third-order valence-electron chi connectivity index (χ3n) is 3.88. The van der Waals surface area contributed by atoms with E-state index in [9.17, 15) is 4.79 Å². The summed E-state index contributed by atoms with van der Waals surface area (Å²) in [7, 11) is -1.91. The molecule has 0 amide bonds. The van der Waals surface area contributed by atoms with Gasteiger partial charge in [-0.2, -0.15) is 0 Å². The molecule has 2 aromatic rings. The summed E-state index contributed by atoms with van der Waals surface area (Å²) < 4.78 is 5.38. The largest absolute Gasteiger partial charge is 0.463 e. The summed E-state index contributed by atoms with van der Waals surface area (Å²) in [4.78, 5) is 11.2. The van der Waals surface area contributed by atoms with Crippen molar-refractivity contribution in [1.29, 1.82) is 0 Å². The summed E-state index contributed by atoms with van der Waals surface area (Å²) in [6.45, 7) is 5.80. The summed E-state index contributed by atoms with van der Waals surface area (Å²) in [5, 5.41) is 2.74. The molecule has 110 valence electrons. The van der Waals surface area contributed by atoms with E-state index in [4.69, 9.17) is 4.74 Å². The zero-order valence-corrected chi connectivity index (χ0v) is 13.9. The molecule has 3 heteroatoms. The lowest BCUT2D eigenvalue weighted by Gasteiger charge is -2.31. The summed E-state index contributed by atoms with van der Waals surface area (Å²) in [6, 6.07) is 22.1. The molecule has 0 heterocycles. The van der Waals surface area contributed by atoms with E-state index < -0.39 is 8.07 Å². The van der Waals surface area contributed by atoms with Crippen LogP contribution >= 0.6 is 0 Å². The SMILES string of the molecule is CC(=O)OC(C)C[Si](C)(c1ccccc1)c1ccccc1. The van der Waals surface area contributed by atoms with Crippen molar-refractivity contribution in [1.82, 2.24) is 0 Å². The fraction of sp³-hybridized carbons (Fsp3) is 0.278. The zero-order chi connectivity index (χ0) is 15.3. The van der Waals surface area contributed by atoms with Crippen LogP contribution in [0.3, 0.4) is 0 Å². The highest BCUT2D eigenvalue weighted by atomic mass is 28.3. The second kappa shape index (κ2) is 6.72. The molecule has 0 saturated heterocycles. The van der Waals surface area contributed by atoms with E-state index in [0.29, 0.717) is 0 Å². The van der Waals surface area contributed by atoms with Crippen LogP contribution in [0.25, 0.3) is 0 Å². The maximum Gasteiger partial charge on any atom is 0.302 e. The van der Waals surface area contributed by atoms with Gasteiger partial charge in [-0.25, -0.2) is 0 Å². The van der Waals surface area contributed by atoms with Crippen molar-refractivity contribution in [3.8, 4) is 0 Å². The lowest BCUT2D eigenvalue weighted by molar-refractivity contribution is -0.144. The number of esters is 1. The molecule has 0 radical (unpaired) electrons. The monoisotopic (exact) mass is 298 g/mol. The molecular weight excluding hydrogens is 276 g/mol. The highest BCUT2D eigenvalue weighted by molar-refractivity contribution is 7.01. The van der Waals surface area contributed by atoms with E-state index in [0.717, 1.165) is 6.04 Å². The molecule has 0 N–H and O–H groups in total. The van der Waals surface area contributed by atoms with E-state index in [-0.39, 0.29) is 12.1 Å². The van der Waals surface area contributed by atoms with Gasteiger partial charge in [-0.1, -0.05) is 77.6 Å². The van der Waals surface area contributed by atoms with E-state index in [1.54, 1.807) is 0 Å². The number of hydrogen-bond acceptors (Lipinski definition) is 2. The minimum absolute atomic E-state index is 0.0698. The van der Waals surface area contributed by atoms with E-state index >= 15 is 0 Å². The van der Waals surface area contributed by atoms with Gasteiger partial charge in [0.15, 0.2) is 0 Å². The number of benzene rings is 2. The quantitative estimate of drug-likeness (QED) is 0.627. The normalized spacial score (nSPS) is 12.7. The molecule has 0 saturated carbocycles. The third kappa shape index (κ3) is 3.82. The molecule has 1 unspecified atom stereocenters. The fourth-order valence-corrected chi connectivity index (χ4v) is 6.81. The molecule has 0 aliphatic carbocycles. The van der Waals surface area contributed by atoms with Crippen molar-refractivity contribution >= 4 is 24.4 Å². The first kappa shape index (κ1) is 15.5. The molecule has 0 aromatic heterocycles. The van der Waals surface area contributed by atoms with Crippen LogP contribution in [0.2, 0.25) is 12.6 Å². The van der Waals surface area contributed by atoms with Crippen LogP contribution < -0.4 is 10.4 Å². The molecule has 0 aliphatic rings. The Hall–Kier alpha value is -1.87. The molecule has 2 rings (SSSR count). The van der Waals surface area contributed by atoms with Crippen LogP contribution in [0.1, 0.15) is 13.8 Å². The predicted octanol–water partition coefficient (Wildman–Crippen LogP) is 2.83. The minimum Gasteiger partial charge on any atom is -0.463 e. The second-order valence-electron chi connectivity index (χ2n) is 5.69. The number of ether oxygens (including phenoxy) is 1. The molecule has 0 bridgehead atoms. The Morgan fingerprint density at radius 3 is 1.81 bits per heavy atom. The molecular formula is C18H22O2Si. The maximum atomic E-state index is 11.2. The molecule has 0 spiro atoms. The first-order chi connectivity index (χ1) is 10.0. The van der Waals surface area contributed by atoms with Crippen LogP contribution in [0.5, 0.6) is 0 Å². The molecule has 2 aromatic carbocycles. The average molecular weight is 298 g/mol. The van der Waals surface area contributed by atoms with E-state index in [1.807, 2.05) is 19.1 Å². The average Bonchev–Trinajstić information content (AvgIpc) is 2.48. The summed E-state index contributed by atoms with van der Waals surface area (Å²) in [6.07, 6.45) is -0.0698. The first-order valence-electron chi connectivity index (χ1n) is 7.30. The minimum atomic E-state index is -1.91. The standard InChI is InChI=1S/C18H22O2Si/c1-15(20-16(2)19)14-21(3,17-10-6-4-7-11-17)18-12-8-5-9-13-18/h4-13,15H,14H2,1-3H3. The van der Waals surface area contributed by atoms with Crippen LogP contribution in [0.15, 0.2) is 60.7 Å². The van der Waals surface area contributed by atoms with E-state index in [2.05, 4.69) is 55.1 Å². The summed E-state index contributed by atoms with van der Waals surface area (Å²) in [5.41, 5.74) is 0. The van der Waals surface area contributed by atoms with Crippen molar-refractivity contribution in [2.75, 3.05) is 0 Å². The molecule has 0 fully saturated rings. The summed E-state index contributed by atoms with van der Waals surface area (Å²) >= 11 is 0. The first-order valence-corrected chi connectivity index (χ1v) is 10.0. The highest BCUT2D eigenvalue weighted by Crippen LogP contribution is 2.16. The lowest BCUT2D eigenvalue weighted by atomic mass is 10.4. The van der Waals surface area contributed by atoms with Gasteiger partial charge in [-0.3, -0.25) is 4.79 Å². The molecule has 1 atom stereocenters.